The summed E-state index contributed by atoms with van der Waals surface area (Å²) in [7, 11) is 0.00386. The third kappa shape index (κ3) is 3.78. The van der Waals surface area contributed by atoms with Gasteiger partial charge in [-0.1, -0.05) is 18.2 Å². The zero-order valence-corrected chi connectivity index (χ0v) is 20.7. The fourth-order valence-corrected chi connectivity index (χ4v) is 7.95. The molecular formula is C24H25F3N4O4S. The summed E-state index contributed by atoms with van der Waals surface area (Å²) >= 11 is 0. The molecule has 1 spiro atoms. The van der Waals surface area contributed by atoms with Crippen molar-refractivity contribution in [1.82, 2.24) is 14.5 Å². The lowest BCUT2D eigenvalue weighted by Gasteiger charge is -2.59. The van der Waals surface area contributed by atoms with Crippen molar-refractivity contribution in [2.45, 2.75) is 37.8 Å². The number of nitrogens with zero attached hydrogens (tertiary/aromatic N) is 3. The highest BCUT2D eigenvalue weighted by Crippen LogP contribution is 2.60. The molecule has 3 heterocycles. The Kier molecular flexibility index (Phi) is 5.67. The van der Waals surface area contributed by atoms with E-state index in [2.05, 4.69) is 15.3 Å². The molecule has 2 fully saturated rings. The van der Waals surface area contributed by atoms with E-state index in [-0.39, 0.29) is 33.9 Å². The van der Waals surface area contributed by atoms with Crippen molar-refractivity contribution in [2.75, 3.05) is 23.9 Å². The normalized spacial score (nSPS) is 20.2. The maximum Gasteiger partial charge on any atom is 0.266 e. The van der Waals surface area contributed by atoms with Gasteiger partial charge < -0.3 is 10.1 Å². The quantitative estimate of drug-likeness (QED) is 0.527. The summed E-state index contributed by atoms with van der Waals surface area (Å²) in [5.74, 6) is -0.545. The lowest BCUT2D eigenvalue weighted by Crippen LogP contribution is -2.64. The smallest absolute Gasteiger partial charge is 0.266 e. The predicted octanol–water partition coefficient (Wildman–Crippen LogP) is 3.63. The van der Waals surface area contributed by atoms with E-state index in [0.717, 1.165) is 6.07 Å². The van der Waals surface area contributed by atoms with E-state index in [9.17, 15) is 26.4 Å². The van der Waals surface area contributed by atoms with Crippen molar-refractivity contribution in [3.05, 3.63) is 63.5 Å². The molecule has 0 radical (unpaired) electrons. The molecule has 0 amide bonds. The van der Waals surface area contributed by atoms with Crippen molar-refractivity contribution >= 4 is 26.7 Å². The highest BCUT2D eigenvalue weighted by Gasteiger charge is 2.64. The number of sulfone groups is 1. The van der Waals surface area contributed by atoms with Crippen LogP contribution >= 0.6 is 0 Å². The maximum atomic E-state index is 14.7. The number of ether oxygens (including phenoxy) is 1. The van der Waals surface area contributed by atoms with Crippen LogP contribution in [0.4, 0.5) is 19.0 Å². The zero-order chi connectivity index (χ0) is 26.0. The first-order valence-corrected chi connectivity index (χ1v) is 13.2. The molecule has 1 aromatic carbocycles. The third-order valence-electron chi connectivity index (χ3n) is 7.37. The number of alkyl halides is 2. The van der Waals surface area contributed by atoms with Crippen molar-refractivity contribution in [3.8, 4) is 0 Å². The van der Waals surface area contributed by atoms with Crippen LogP contribution in [0, 0.1) is 11.2 Å². The molecule has 1 N–H and O–H groups in total. The van der Waals surface area contributed by atoms with Crippen LogP contribution in [0.25, 0.3) is 11.0 Å². The molecule has 1 aliphatic heterocycles. The summed E-state index contributed by atoms with van der Waals surface area (Å²) in [4.78, 5) is 21.8. The minimum Gasteiger partial charge on any atom is -0.373 e. The number of aromatic nitrogens is 3. The lowest BCUT2D eigenvalue weighted by atomic mass is 9.58. The second-order valence-corrected chi connectivity index (χ2v) is 11.9. The molecule has 0 unspecified atom stereocenters. The highest BCUT2D eigenvalue weighted by molar-refractivity contribution is 7.92. The Morgan fingerprint density at radius 1 is 1.17 bits per heavy atom. The van der Waals surface area contributed by atoms with Crippen LogP contribution in [0.5, 0.6) is 0 Å². The molecule has 36 heavy (non-hydrogen) atoms. The first-order chi connectivity index (χ1) is 16.9. The molecule has 8 nitrogen and oxygen atoms in total. The van der Waals surface area contributed by atoms with E-state index in [0.29, 0.717) is 29.4 Å². The van der Waals surface area contributed by atoms with Gasteiger partial charge in [-0.25, -0.2) is 31.6 Å². The van der Waals surface area contributed by atoms with E-state index in [4.69, 9.17) is 4.74 Å². The maximum absolute atomic E-state index is 14.7. The number of methoxy groups -OCH3 is 1. The van der Waals surface area contributed by atoms with Gasteiger partial charge in [-0.2, -0.15) is 0 Å². The number of anilines is 1. The number of aryl methyl sites for hydroxylation is 1. The second-order valence-electron chi connectivity index (χ2n) is 9.88. The number of benzene rings is 1. The summed E-state index contributed by atoms with van der Waals surface area (Å²) < 4.78 is 71.8. The Morgan fingerprint density at radius 3 is 2.44 bits per heavy atom. The van der Waals surface area contributed by atoms with Gasteiger partial charge in [0.2, 0.25) is 0 Å². The van der Waals surface area contributed by atoms with Gasteiger partial charge in [-0.05, 0) is 25.8 Å². The van der Waals surface area contributed by atoms with E-state index in [1.165, 1.54) is 30.1 Å². The van der Waals surface area contributed by atoms with Gasteiger partial charge in [-0.3, -0.25) is 9.36 Å². The molecular weight excluding hydrogens is 497 g/mol. The molecule has 12 heteroatoms. The predicted molar refractivity (Wildman–Crippen MR) is 127 cm³/mol. The Balaban J connectivity index is 1.54. The van der Waals surface area contributed by atoms with E-state index < -0.39 is 39.3 Å². The standard InChI is InChI=1S/C24H25F3N4O4S/c1-13(14-5-4-6-15(18(14)25)19(26)27)30-20-16-7-17(22(32)31(2)21(16)29-12-28-20)24(35-3)8-23(9-24)10-36(33,34)11-23/h4-7,12-13,19H,8-11H2,1-3H3,(H,28,29,30)/t13-/m1/s1. The SMILES string of the molecule is COC1(c2cc3c(N[C@H](C)c4cccc(C(F)F)c4F)ncnc3n(C)c2=O)CC2(C1)CS(=O)(=O)C2. The van der Waals surface area contributed by atoms with Crippen LogP contribution < -0.4 is 10.9 Å². The van der Waals surface area contributed by atoms with Crippen LogP contribution in [0.1, 0.15) is 48.9 Å². The van der Waals surface area contributed by atoms with Gasteiger partial charge >= 0.3 is 0 Å². The van der Waals surface area contributed by atoms with Gasteiger partial charge in [0.05, 0.1) is 39.7 Å². The Morgan fingerprint density at radius 2 is 1.83 bits per heavy atom. The van der Waals surface area contributed by atoms with Gasteiger partial charge in [0.15, 0.2) is 9.84 Å². The van der Waals surface area contributed by atoms with Crippen LogP contribution in [0.15, 0.2) is 35.4 Å². The Bertz CT molecular complexity index is 1520. The topological polar surface area (TPSA) is 103 Å². The minimum atomic E-state index is -3.05. The summed E-state index contributed by atoms with van der Waals surface area (Å²) in [6.07, 6.45) is -0.897. The molecule has 1 saturated heterocycles. The van der Waals surface area contributed by atoms with E-state index in [1.54, 1.807) is 20.0 Å². The van der Waals surface area contributed by atoms with Crippen LogP contribution in [0.2, 0.25) is 0 Å². The fraction of sp³-hybridized carbons (Fsp3) is 0.458. The van der Waals surface area contributed by atoms with E-state index in [1.807, 2.05) is 0 Å². The summed E-state index contributed by atoms with van der Waals surface area (Å²) in [5, 5.41) is 3.53. The molecule has 0 bridgehead atoms. The van der Waals surface area contributed by atoms with Gasteiger partial charge in [0.1, 0.15) is 23.6 Å². The first-order valence-electron chi connectivity index (χ1n) is 11.3. The average molecular weight is 523 g/mol. The average Bonchev–Trinajstić information content (AvgIpc) is 2.78. The molecule has 1 atom stereocenters. The summed E-state index contributed by atoms with van der Waals surface area (Å²) in [6, 6.07) is 4.73. The summed E-state index contributed by atoms with van der Waals surface area (Å²) in [5.41, 5.74) is -1.62. The second kappa shape index (κ2) is 8.27. The van der Waals surface area contributed by atoms with Crippen LogP contribution in [-0.2, 0) is 27.2 Å². The minimum absolute atomic E-state index is 0.0464. The van der Waals surface area contributed by atoms with Gasteiger partial charge in [0.25, 0.3) is 12.0 Å². The number of hydrogen-bond acceptors (Lipinski definition) is 7. The number of rotatable bonds is 6. The number of halogens is 3. The fourth-order valence-electron chi connectivity index (χ4n) is 5.76. The van der Waals surface area contributed by atoms with Crippen LogP contribution in [0.3, 0.4) is 0 Å². The first kappa shape index (κ1) is 24.7. The Hall–Kier alpha value is -2.99. The Labute approximate surface area is 205 Å². The van der Waals surface area contributed by atoms with Crippen molar-refractivity contribution in [1.29, 1.82) is 0 Å². The van der Waals surface area contributed by atoms with Crippen molar-refractivity contribution in [3.63, 3.8) is 0 Å². The monoisotopic (exact) mass is 522 g/mol. The molecule has 2 aromatic heterocycles. The van der Waals surface area contributed by atoms with Gasteiger partial charge in [-0.15, -0.1) is 0 Å². The van der Waals surface area contributed by atoms with Crippen molar-refractivity contribution in [2.24, 2.45) is 12.5 Å². The number of hydrogen-bond donors (Lipinski definition) is 1. The summed E-state index contributed by atoms with van der Waals surface area (Å²) in [6.45, 7) is 1.62. The molecule has 3 aromatic rings. The van der Waals surface area contributed by atoms with Gasteiger partial charge in [0, 0.05) is 25.1 Å². The molecule has 1 aliphatic carbocycles. The van der Waals surface area contributed by atoms with E-state index >= 15 is 0 Å². The highest BCUT2D eigenvalue weighted by atomic mass is 32.2. The van der Waals surface area contributed by atoms with Crippen molar-refractivity contribution < 1.29 is 26.3 Å². The molecule has 192 valence electrons. The zero-order valence-electron chi connectivity index (χ0n) is 19.9. The molecule has 2 aliphatic rings. The van der Waals surface area contributed by atoms with Crippen LogP contribution in [-0.4, -0.2) is 41.6 Å². The number of pyridine rings is 1. The lowest BCUT2D eigenvalue weighted by molar-refractivity contribution is -0.148. The largest absolute Gasteiger partial charge is 0.373 e. The number of fused-ring (bicyclic) bond motifs is 1. The third-order valence-corrected chi connectivity index (χ3v) is 9.48. The molecule has 5 rings (SSSR count). The number of nitrogens with one attached hydrogen (secondary N) is 1. The molecule has 1 saturated carbocycles.